The van der Waals surface area contributed by atoms with E-state index in [4.69, 9.17) is 16.7 Å². The summed E-state index contributed by atoms with van der Waals surface area (Å²) in [5.41, 5.74) is 0.246. The van der Waals surface area contributed by atoms with Gasteiger partial charge in [-0.3, -0.25) is 4.79 Å². The maximum absolute atomic E-state index is 12.9. The number of halogens is 2. The van der Waals surface area contributed by atoms with Gasteiger partial charge in [-0.15, -0.1) is 0 Å². The summed E-state index contributed by atoms with van der Waals surface area (Å²) in [6.07, 6.45) is 0. The van der Waals surface area contributed by atoms with E-state index < -0.39 is 32.1 Å². The molecule has 4 nitrogen and oxygen atoms in total. The Morgan fingerprint density at radius 1 is 1.44 bits per heavy atom. The van der Waals surface area contributed by atoms with Crippen LogP contribution in [0.5, 0.6) is 0 Å². The van der Waals surface area contributed by atoms with Crippen molar-refractivity contribution in [3.8, 4) is 0 Å². The second-order valence-electron chi connectivity index (χ2n) is 4.32. The summed E-state index contributed by atoms with van der Waals surface area (Å²) in [5, 5.41) is 8.69. The molecule has 0 aliphatic heterocycles. The average Bonchev–Trinajstić information content (AvgIpc) is 2.22. The third kappa shape index (κ3) is 2.81. The van der Waals surface area contributed by atoms with E-state index in [0.29, 0.717) is 0 Å². The van der Waals surface area contributed by atoms with E-state index in [2.05, 4.69) is 0 Å². The fraction of sp³-hybridized carbons (Fsp3) is 0.364. The molecule has 7 heteroatoms. The molecule has 0 unspecified atom stereocenters. The summed E-state index contributed by atoms with van der Waals surface area (Å²) in [6, 6.07) is 3.48. The zero-order chi connectivity index (χ0) is 14.1. The Labute approximate surface area is 109 Å². The summed E-state index contributed by atoms with van der Waals surface area (Å²) < 4.78 is 34.9. The number of hydrogen-bond acceptors (Lipinski definition) is 3. The molecule has 0 bridgehead atoms. The predicted molar refractivity (Wildman–Crippen MR) is 65.7 cm³/mol. The van der Waals surface area contributed by atoms with Crippen LogP contribution in [0.2, 0.25) is 5.02 Å². The first-order chi connectivity index (χ1) is 8.08. The van der Waals surface area contributed by atoms with Gasteiger partial charge >= 0.3 is 5.97 Å². The van der Waals surface area contributed by atoms with E-state index in [0.717, 1.165) is 19.9 Å². The Morgan fingerprint density at radius 2 is 2.00 bits per heavy atom. The molecule has 0 aliphatic carbocycles. The molecule has 1 aromatic rings. The monoisotopic (exact) mass is 294 g/mol. The van der Waals surface area contributed by atoms with Gasteiger partial charge in [0.05, 0.1) is 10.8 Å². The first-order valence-corrected chi connectivity index (χ1v) is 7.00. The van der Waals surface area contributed by atoms with Gasteiger partial charge < -0.3 is 5.11 Å². The molecule has 0 fully saturated rings. The SMILES string of the molecule is CC(C)(C(=O)O)S(=O)(=O)Cc1ccc(F)c(Cl)c1. The van der Waals surface area contributed by atoms with Crippen LogP contribution in [0.1, 0.15) is 19.4 Å². The highest BCUT2D eigenvalue weighted by Crippen LogP contribution is 2.24. The van der Waals surface area contributed by atoms with Crippen molar-refractivity contribution in [1.82, 2.24) is 0 Å². The van der Waals surface area contributed by atoms with Gasteiger partial charge in [-0.1, -0.05) is 17.7 Å². The van der Waals surface area contributed by atoms with Crippen LogP contribution in [-0.4, -0.2) is 24.2 Å². The molecule has 0 radical (unpaired) electrons. The van der Waals surface area contributed by atoms with Gasteiger partial charge in [0.1, 0.15) is 5.82 Å². The van der Waals surface area contributed by atoms with Crippen LogP contribution in [0.4, 0.5) is 4.39 Å². The first kappa shape index (κ1) is 14.9. The molecule has 1 rings (SSSR count). The van der Waals surface area contributed by atoms with E-state index in [1.54, 1.807) is 0 Å². The smallest absolute Gasteiger partial charge is 0.324 e. The summed E-state index contributed by atoms with van der Waals surface area (Å²) in [7, 11) is -3.92. The molecule has 0 aliphatic rings. The third-order valence-electron chi connectivity index (χ3n) is 2.63. The van der Waals surface area contributed by atoms with Gasteiger partial charge in [-0.25, -0.2) is 12.8 Å². The number of carboxylic acids is 1. The molecular formula is C11H12ClFO4S. The van der Waals surface area contributed by atoms with Gasteiger partial charge in [-0.05, 0) is 31.5 Å². The summed E-state index contributed by atoms with van der Waals surface area (Å²) >= 11 is 5.53. The highest BCUT2D eigenvalue weighted by Gasteiger charge is 2.41. The topological polar surface area (TPSA) is 71.4 Å². The van der Waals surface area contributed by atoms with Gasteiger partial charge in [0.2, 0.25) is 0 Å². The molecule has 18 heavy (non-hydrogen) atoms. The molecule has 0 amide bonds. The van der Waals surface area contributed by atoms with Crippen molar-refractivity contribution in [3.05, 3.63) is 34.6 Å². The van der Waals surface area contributed by atoms with Crippen LogP contribution in [0, 0.1) is 5.82 Å². The minimum absolute atomic E-state index is 0.198. The summed E-state index contributed by atoms with van der Waals surface area (Å²) in [4.78, 5) is 10.9. The lowest BCUT2D eigenvalue weighted by atomic mass is 10.2. The van der Waals surface area contributed by atoms with Crippen molar-refractivity contribution >= 4 is 27.4 Å². The normalized spacial score (nSPS) is 12.4. The Balaban J connectivity index is 3.10. The maximum atomic E-state index is 12.9. The van der Waals surface area contributed by atoms with Crippen LogP contribution in [0.3, 0.4) is 0 Å². The van der Waals surface area contributed by atoms with Gasteiger partial charge in [0, 0.05) is 0 Å². The van der Waals surface area contributed by atoms with Crippen LogP contribution in [0.25, 0.3) is 0 Å². The molecule has 0 saturated carbocycles. The second-order valence-corrected chi connectivity index (χ2v) is 7.27. The van der Waals surface area contributed by atoms with Gasteiger partial charge in [0.25, 0.3) is 0 Å². The van der Waals surface area contributed by atoms with E-state index in [1.165, 1.54) is 12.1 Å². The Bertz CT molecular complexity index is 581. The van der Waals surface area contributed by atoms with E-state index >= 15 is 0 Å². The Kier molecular flexibility index (Phi) is 4.02. The molecule has 0 saturated heterocycles. The quantitative estimate of drug-likeness (QED) is 0.924. The summed E-state index contributed by atoms with van der Waals surface area (Å²) in [5.74, 6) is -2.60. The van der Waals surface area contributed by atoms with Gasteiger partial charge in [-0.2, -0.15) is 0 Å². The van der Waals surface area contributed by atoms with Crippen LogP contribution in [0.15, 0.2) is 18.2 Å². The second kappa shape index (κ2) is 4.85. The molecule has 0 heterocycles. The number of aliphatic carboxylic acids is 1. The van der Waals surface area contributed by atoms with Crippen molar-refractivity contribution in [3.63, 3.8) is 0 Å². The minimum Gasteiger partial charge on any atom is -0.480 e. The maximum Gasteiger partial charge on any atom is 0.324 e. The standard InChI is InChI=1S/C11H12ClFO4S/c1-11(2,10(14)15)18(16,17)6-7-3-4-9(13)8(12)5-7/h3-5H,6H2,1-2H3,(H,14,15). The molecule has 1 N–H and O–H groups in total. The van der Waals surface area contributed by atoms with Gasteiger partial charge in [0.15, 0.2) is 14.6 Å². The fourth-order valence-electron chi connectivity index (χ4n) is 1.16. The number of hydrogen-bond donors (Lipinski definition) is 1. The summed E-state index contributed by atoms with van der Waals surface area (Å²) in [6.45, 7) is 2.21. The van der Waals surface area contributed by atoms with Crippen LogP contribution >= 0.6 is 11.6 Å². The fourth-order valence-corrected chi connectivity index (χ4v) is 2.61. The van der Waals surface area contributed by atoms with Crippen molar-refractivity contribution in [1.29, 1.82) is 0 Å². The molecule has 1 aromatic carbocycles. The van der Waals surface area contributed by atoms with Crippen LogP contribution in [-0.2, 0) is 20.4 Å². The Hall–Kier alpha value is -1.14. The molecule has 100 valence electrons. The van der Waals surface area contributed by atoms with Crippen molar-refractivity contribution < 1.29 is 22.7 Å². The number of rotatable bonds is 4. The largest absolute Gasteiger partial charge is 0.480 e. The van der Waals surface area contributed by atoms with Crippen LogP contribution < -0.4 is 0 Å². The lowest BCUT2D eigenvalue weighted by molar-refractivity contribution is -0.139. The zero-order valence-electron chi connectivity index (χ0n) is 9.78. The lowest BCUT2D eigenvalue weighted by Gasteiger charge is -2.19. The van der Waals surface area contributed by atoms with Crippen molar-refractivity contribution in [2.75, 3.05) is 0 Å². The first-order valence-electron chi connectivity index (χ1n) is 4.97. The lowest BCUT2D eigenvalue weighted by Crippen LogP contribution is -2.41. The highest BCUT2D eigenvalue weighted by molar-refractivity contribution is 7.92. The molecule has 0 atom stereocenters. The van der Waals surface area contributed by atoms with Crippen molar-refractivity contribution in [2.24, 2.45) is 0 Å². The number of carboxylic acid groups (broad SMARTS) is 1. The van der Waals surface area contributed by atoms with Crippen molar-refractivity contribution in [2.45, 2.75) is 24.3 Å². The van der Waals surface area contributed by atoms with E-state index in [1.807, 2.05) is 0 Å². The zero-order valence-corrected chi connectivity index (χ0v) is 11.3. The van der Waals surface area contributed by atoms with E-state index in [9.17, 15) is 17.6 Å². The minimum atomic E-state index is -3.92. The molecule has 0 aromatic heterocycles. The Morgan fingerprint density at radius 3 is 2.44 bits per heavy atom. The number of sulfone groups is 1. The van der Waals surface area contributed by atoms with E-state index in [-0.39, 0.29) is 10.6 Å². The predicted octanol–water partition coefficient (Wildman–Crippen LogP) is 2.26. The molecular weight excluding hydrogens is 283 g/mol. The number of carbonyl (C=O) groups is 1. The average molecular weight is 295 g/mol. The highest BCUT2D eigenvalue weighted by atomic mass is 35.5. The molecule has 0 spiro atoms. The third-order valence-corrected chi connectivity index (χ3v) is 5.37. The number of benzene rings is 1.